The summed E-state index contributed by atoms with van der Waals surface area (Å²) >= 11 is 5.87. The summed E-state index contributed by atoms with van der Waals surface area (Å²) in [7, 11) is -3.78. The maximum atomic E-state index is 13.1. The van der Waals surface area contributed by atoms with Crippen molar-refractivity contribution < 1.29 is 17.9 Å². The molecule has 0 saturated heterocycles. The number of hydrogen-bond donors (Lipinski definition) is 1. The lowest BCUT2D eigenvalue weighted by molar-refractivity contribution is 0.175. The van der Waals surface area contributed by atoms with Crippen molar-refractivity contribution in [3.63, 3.8) is 0 Å². The number of sulfonamides is 1. The second-order valence-electron chi connectivity index (χ2n) is 6.41. The van der Waals surface area contributed by atoms with Crippen molar-refractivity contribution in [3.05, 3.63) is 59.5 Å². The van der Waals surface area contributed by atoms with Gasteiger partial charge < -0.3 is 9.52 Å². The van der Waals surface area contributed by atoms with Gasteiger partial charge in [-0.05, 0) is 54.8 Å². The van der Waals surface area contributed by atoms with Crippen molar-refractivity contribution in [2.24, 2.45) is 5.92 Å². The summed E-state index contributed by atoms with van der Waals surface area (Å²) in [5.41, 5.74) is 0. The summed E-state index contributed by atoms with van der Waals surface area (Å²) in [4.78, 5) is 0.149. The predicted molar refractivity (Wildman–Crippen MR) is 103 cm³/mol. The van der Waals surface area contributed by atoms with Gasteiger partial charge in [-0.15, -0.1) is 0 Å². The molecule has 0 saturated carbocycles. The van der Waals surface area contributed by atoms with E-state index >= 15 is 0 Å². The van der Waals surface area contributed by atoms with Gasteiger partial charge in [0.2, 0.25) is 10.0 Å². The first-order chi connectivity index (χ1) is 12.3. The van der Waals surface area contributed by atoms with Gasteiger partial charge in [0.25, 0.3) is 0 Å². The Balaban J connectivity index is 2.32. The summed E-state index contributed by atoms with van der Waals surface area (Å²) in [5, 5.41) is 10.3. The van der Waals surface area contributed by atoms with Crippen LogP contribution in [0.2, 0.25) is 5.02 Å². The molecule has 1 N–H and O–H groups in total. The molecule has 0 radical (unpaired) electrons. The summed E-state index contributed by atoms with van der Waals surface area (Å²) in [6.07, 6.45) is 5.54. The summed E-state index contributed by atoms with van der Waals surface area (Å²) in [6.45, 7) is 3.87. The maximum Gasteiger partial charge on any atom is 0.243 e. The molecule has 5 nitrogen and oxygen atoms in total. The third-order valence-electron chi connectivity index (χ3n) is 3.89. The highest BCUT2D eigenvalue weighted by atomic mass is 35.5. The number of aliphatic hydroxyl groups excluding tert-OH is 1. The van der Waals surface area contributed by atoms with Gasteiger partial charge in [0.05, 0.1) is 17.8 Å². The van der Waals surface area contributed by atoms with E-state index in [1.165, 1.54) is 16.4 Å². The third-order valence-corrected chi connectivity index (χ3v) is 6.08. The van der Waals surface area contributed by atoms with Gasteiger partial charge in [-0.3, -0.25) is 0 Å². The zero-order valence-electron chi connectivity index (χ0n) is 14.9. The van der Waals surface area contributed by atoms with E-state index < -0.39 is 16.1 Å². The number of aliphatic hydroxyl groups is 1. The largest absolute Gasteiger partial charge is 0.465 e. The minimum Gasteiger partial charge on any atom is -0.465 e. The monoisotopic (exact) mass is 397 g/mol. The predicted octanol–water partition coefficient (Wildman–Crippen LogP) is 4.04. The molecule has 2 rings (SSSR count). The third kappa shape index (κ3) is 5.45. The molecule has 1 aromatic heterocycles. The van der Waals surface area contributed by atoms with Gasteiger partial charge in [0, 0.05) is 17.6 Å². The van der Waals surface area contributed by atoms with Crippen LogP contribution in [-0.2, 0) is 10.0 Å². The van der Waals surface area contributed by atoms with E-state index in [0.29, 0.717) is 17.2 Å². The molecule has 0 fully saturated rings. The second-order valence-corrected chi connectivity index (χ2v) is 8.74. The highest BCUT2D eigenvalue weighted by Gasteiger charge is 2.30. The lowest BCUT2D eigenvalue weighted by atomic mass is 10.0. The Hall–Kier alpha value is -1.60. The van der Waals surface area contributed by atoms with Gasteiger partial charge in [0.15, 0.2) is 0 Å². The Labute approximate surface area is 159 Å². The minimum atomic E-state index is -3.78. The molecule has 0 spiro atoms. The van der Waals surface area contributed by atoms with Crippen molar-refractivity contribution in [1.29, 1.82) is 0 Å². The zero-order chi connectivity index (χ0) is 19.2. The number of halogens is 1. The molecule has 2 aromatic rings. The number of benzene rings is 1. The Bertz CT molecular complexity index is 799. The molecule has 7 heteroatoms. The first-order valence-corrected chi connectivity index (χ1v) is 10.2. The number of furan rings is 1. The highest BCUT2D eigenvalue weighted by Crippen LogP contribution is 2.23. The molecular formula is C19H24ClNO4S. The van der Waals surface area contributed by atoms with E-state index in [4.69, 9.17) is 16.0 Å². The van der Waals surface area contributed by atoms with E-state index in [2.05, 4.69) is 0 Å². The maximum absolute atomic E-state index is 13.1. The summed E-state index contributed by atoms with van der Waals surface area (Å²) in [6, 6.07) is 9.07. The smallest absolute Gasteiger partial charge is 0.243 e. The van der Waals surface area contributed by atoms with Gasteiger partial charge in [-0.1, -0.05) is 31.5 Å². The number of rotatable bonds is 9. The van der Waals surface area contributed by atoms with Crippen LogP contribution in [0.4, 0.5) is 0 Å². The quantitative estimate of drug-likeness (QED) is 0.693. The van der Waals surface area contributed by atoms with Crippen molar-refractivity contribution >= 4 is 27.7 Å². The van der Waals surface area contributed by atoms with Crippen LogP contribution in [0.25, 0.3) is 6.08 Å². The van der Waals surface area contributed by atoms with Gasteiger partial charge in [0.1, 0.15) is 5.76 Å². The molecule has 0 aliphatic heterocycles. The topological polar surface area (TPSA) is 70.8 Å². The molecule has 142 valence electrons. The van der Waals surface area contributed by atoms with Crippen molar-refractivity contribution in [2.75, 3.05) is 13.2 Å². The molecule has 1 heterocycles. The first-order valence-electron chi connectivity index (χ1n) is 8.43. The fourth-order valence-corrected chi connectivity index (χ4v) is 4.38. The first kappa shape index (κ1) is 20.7. The normalized spacial score (nSPS) is 13.8. The molecule has 0 aliphatic carbocycles. The van der Waals surface area contributed by atoms with Crippen molar-refractivity contribution in [1.82, 2.24) is 4.31 Å². The van der Waals surface area contributed by atoms with Crippen LogP contribution in [-0.4, -0.2) is 37.0 Å². The molecule has 1 aromatic carbocycles. The fraction of sp³-hybridized carbons (Fsp3) is 0.368. The SMILES string of the molecule is CC(C)CC(CO)N(C/C=C/c1ccco1)S(=O)(=O)c1ccc(Cl)cc1. The van der Waals surface area contributed by atoms with Crippen molar-refractivity contribution in [2.45, 2.75) is 31.2 Å². The lowest BCUT2D eigenvalue weighted by Crippen LogP contribution is -2.43. The molecular weight excluding hydrogens is 374 g/mol. The van der Waals surface area contributed by atoms with Gasteiger partial charge in [-0.2, -0.15) is 4.31 Å². The molecule has 0 aliphatic rings. The second kappa shape index (κ2) is 9.37. The van der Waals surface area contributed by atoms with Crippen LogP contribution in [0.5, 0.6) is 0 Å². The molecule has 0 amide bonds. The van der Waals surface area contributed by atoms with Crippen LogP contribution in [0.1, 0.15) is 26.0 Å². The molecule has 1 unspecified atom stereocenters. The summed E-state index contributed by atoms with van der Waals surface area (Å²) in [5.74, 6) is 0.877. The minimum absolute atomic E-state index is 0.129. The Kier molecular flexibility index (Phi) is 7.46. The standard InChI is InChI=1S/C19H24ClNO4S/c1-15(2)13-17(14-22)21(11-3-5-18-6-4-12-25-18)26(23,24)19-9-7-16(20)8-10-19/h3-10,12,15,17,22H,11,13-14H2,1-2H3/b5-3+. The average Bonchev–Trinajstić information content (AvgIpc) is 3.10. The van der Waals surface area contributed by atoms with E-state index in [0.717, 1.165) is 0 Å². The Morgan fingerprint density at radius 1 is 1.23 bits per heavy atom. The van der Waals surface area contributed by atoms with Crippen molar-refractivity contribution in [3.8, 4) is 0 Å². The molecule has 0 bridgehead atoms. The number of hydrogen-bond acceptors (Lipinski definition) is 4. The lowest BCUT2D eigenvalue weighted by Gasteiger charge is -2.30. The van der Waals surface area contributed by atoms with E-state index in [1.54, 1.807) is 42.7 Å². The van der Waals surface area contributed by atoms with Crippen LogP contribution in [0.3, 0.4) is 0 Å². The highest BCUT2D eigenvalue weighted by molar-refractivity contribution is 7.89. The van der Waals surface area contributed by atoms with Crippen LogP contribution in [0.15, 0.2) is 58.1 Å². The fourth-order valence-electron chi connectivity index (χ4n) is 2.67. The average molecular weight is 398 g/mol. The molecule has 1 atom stereocenters. The Morgan fingerprint density at radius 2 is 1.92 bits per heavy atom. The number of nitrogens with zero attached hydrogens (tertiary/aromatic N) is 1. The van der Waals surface area contributed by atoms with Gasteiger partial charge >= 0.3 is 0 Å². The van der Waals surface area contributed by atoms with E-state index in [1.807, 2.05) is 13.8 Å². The van der Waals surface area contributed by atoms with Crippen LogP contribution < -0.4 is 0 Å². The van der Waals surface area contributed by atoms with Crippen LogP contribution in [0, 0.1) is 5.92 Å². The van der Waals surface area contributed by atoms with E-state index in [9.17, 15) is 13.5 Å². The molecule has 26 heavy (non-hydrogen) atoms. The zero-order valence-corrected chi connectivity index (χ0v) is 16.4. The van der Waals surface area contributed by atoms with E-state index in [-0.39, 0.29) is 24.0 Å². The van der Waals surface area contributed by atoms with Crippen LogP contribution >= 0.6 is 11.6 Å². The summed E-state index contributed by atoms with van der Waals surface area (Å²) < 4.78 is 32.8. The Morgan fingerprint density at radius 3 is 2.46 bits per heavy atom. The van der Waals surface area contributed by atoms with Gasteiger partial charge in [-0.25, -0.2) is 8.42 Å².